The first-order valence-electron chi connectivity index (χ1n) is 7.72. The van der Waals surface area contributed by atoms with Gasteiger partial charge in [0.25, 0.3) is 0 Å². The third-order valence-electron chi connectivity index (χ3n) is 3.46. The molecule has 1 fully saturated rings. The van der Waals surface area contributed by atoms with Gasteiger partial charge in [0.15, 0.2) is 0 Å². The summed E-state index contributed by atoms with van der Waals surface area (Å²) in [6.07, 6.45) is 1.93. The quantitative estimate of drug-likeness (QED) is 0.732. The SMILES string of the molecule is O=C(CN1CCCNCC1)NCCCOc1ccccc1. The first-order valence-corrected chi connectivity index (χ1v) is 7.72. The van der Waals surface area contributed by atoms with Gasteiger partial charge in [0.05, 0.1) is 13.2 Å². The minimum absolute atomic E-state index is 0.108. The van der Waals surface area contributed by atoms with Gasteiger partial charge in [0.2, 0.25) is 5.91 Å². The number of rotatable bonds is 7. The van der Waals surface area contributed by atoms with Crippen molar-refractivity contribution >= 4 is 5.91 Å². The highest BCUT2D eigenvalue weighted by Crippen LogP contribution is 2.07. The smallest absolute Gasteiger partial charge is 0.234 e. The lowest BCUT2D eigenvalue weighted by Crippen LogP contribution is -2.39. The van der Waals surface area contributed by atoms with Gasteiger partial charge in [-0.3, -0.25) is 9.69 Å². The normalized spacial score (nSPS) is 16.2. The predicted molar refractivity (Wildman–Crippen MR) is 83.5 cm³/mol. The molecule has 0 bridgehead atoms. The maximum atomic E-state index is 11.8. The van der Waals surface area contributed by atoms with E-state index in [4.69, 9.17) is 4.74 Å². The Morgan fingerprint density at radius 3 is 2.95 bits per heavy atom. The highest BCUT2D eigenvalue weighted by Gasteiger charge is 2.11. The van der Waals surface area contributed by atoms with Crippen LogP contribution in [0.5, 0.6) is 5.75 Å². The van der Waals surface area contributed by atoms with Crippen LogP contribution in [0.2, 0.25) is 0 Å². The fraction of sp³-hybridized carbons (Fsp3) is 0.562. The molecule has 116 valence electrons. The highest BCUT2D eigenvalue weighted by molar-refractivity contribution is 5.77. The summed E-state index contributed by atoms with van der Waals surface area (Å²) in [6.45, 7) is 5.76. The van der Waals surface area contributed by atoms with Crippen molar-refractivity contribution in [2.75, 3.05) is 45.9 Å². The molecule has 1 heterocycles. The summed E-state index contributed by atoms with van der Waals surface area (Å²) < 4.78 is 5.58. The Bertz CT molecular complexity index is 403. The molecule has 0 saturated carbocycles. The lowest BCUT2D eigenvalue weighted by molar-refractivity contribution is -0.122. The van der Waals surface area contributed by atoms with Gasteiger partial charge in [-0.15, -0.1) is 0 Å². The molecule has 0 aromatic heterocycles. The Balaban J connectivity index is 1.52. The van der Waals surface area contributed by atoms with Crippen LogP contribution in [-0.2, 0) is 4.79 Å². The predicted octanol–water partition coefficient (Wildman–Crippen LogP) is 0.867. The lowest BCUT2D eigenvalue weighted by Gasteiger charge is -2.18. The molecule has 1 amide bonds. The zero-order valence-electron chi connectivity index (χ0n) is 12.5. The molecule has 1 aliphatic heterocycles. The number of amides is 1. The van der Waals surface area contributed by atoms with Crippen LogP contribution in [-0.4, -0.2) is 56.7 Å². The fourth-order valence-corrected chi connectivity index (χ4v) is 2.33. The monoisotopic (exact) mass is 291 g/mol. The molecule has 2 rings (SSSR count). The zero-order valence-corrected chi connectivity index (χ0v) is 12.5. The molecule has 1 aliphatic rings. The van der Waals surface area contributed by atoms with Gasteiger partial charge in [0.1, 0.15) is 5.75 Å². The van der Waals surface area contributed by atoms with Gasteiger partial charge in [0, 0.05) is 19.6 Å². The number of nitrogens with zero attached hydrogens (tertiary/aromatic N) is 1. The zero-order chi connectivity index (χ0) is 14.8. The van der Waals surface area contributed by atoms with Crippen molar-refractivity contribution in [3.8, 4) is 5.75 Å². The van der Waals surface area contributed by atoms with Crippen LogP contribution in [0.1, 0.15) is 12.8 Å². The van der Waals surface area contributed by atoms with E-state index < -0.39 is 0 Å². The van der Waals surface area contributed by atoms with Crippen LogP contribution < -0.4 is 15.4 Å². The molecule has 21 heavy (non-hydrogen) atoms. The highest BCUT2D eigenvalue weighted by atomic mass is 16.5. The molecule has 0 atom stereocenters. The fourth-order valence-electron chi connectivity index (χ4n) is 2.33. The second-order valence-corrected chi connectivity index (χ2v) is 5.24. The Labute approximate surface area is 126 Å². The lowest BCUT2D eigenvalue weighted by atomic mass is 10.3. The topological polar surface area (TPSA) is 53.6 Å². The van der Waals surface area contributed by atoms with Crippen molar-refractivity contribution in [1.82, 2.24) is 15.5 Å². The van der Waals surface area contributed by atoms with E-state index in [-0.39, 0.29) is 5.91 Å². The van der Waals surface area contributed by atoms with Crippen molar-refractivity contribution in [3.63, 3.8) is 0 Å². The minimum Gasteiger partial charge on any atom is -0.494 e. The van der Waals surface area contributed by atoms with Crippen molar-refractivity contribution in [1.29, 1.82) is 0 Å². The Morgan fingerprint density at radius 2 is 2.10 bits per heavy atom. The molecule has 5 heteroatoms. The summed E-state index contributed by atoms with van der Waals surface area (Å²) in [6, 6.07) is 9.74. The summed E-state index contributed by atoms with van der Waals surface area (Å²) >= 11 is 0. The molecule has 0 unspecified atom stereocenters. The van der Waals surface area contributed by atoms with E-state index in [2.05, 4.69) is 15.5 Å². The van der Waals surface area contributed by atoms with E-state index in [0.29, 0.717) is 19.7 Å². The summed E-state index contributed by atoms with van der Waals surface area (Å²) in [5, 5.41) is 6.29. The van der Waals surface area contributed by atoms with Crippen LogP contribution >= 0.6 is 0 Å². The van der Waals surface area contributed by atoms with Gasteiger partial charge >= 0.3 is 0 Å². The van der Waals surface area contributed by atoms with Gasteiger partial charge in [-0.25, -0.2) is 0 Å². The molecule has 0 radical (unpaired) electrons. The van der Waals surface area contributed by atoms with Crippen molar-refractivity contribution in [2.24, 2.45) is 0 Å². The Morgan fingerprint density at radius 1 is 1.24 bits per heavy atom. The van der Waals surface area contributed by atoms with Crippen LogP contribution in [0.4, 0.5) is 0 Å². The molecular weight excluding hydrogens is 266 g/mol. The van der Waals surface area contributed by atoms with E-state index >= 15 is 0 Å². The number of para-hydroxylation sites is 1. The van der Waals surface area contributed by atoms with Crippen LogP contribution in [0.25, 0.3) is 0 Å². The second-order valence-electron chi connectivity index (χ2n) is 5.24. The van der Waals surface area contributed by atoms with Gasteiger partial charge in [-0.05, 0) is 38.1 Å². The van der Waals surface area contributed by atoms with Gasteiger partial charge in [-0.2, -0.15) is 0 Å². The molecule has 2 N–H and O–H groups in total. The average Bonchev–Trinajstić information content (AvgIpc) is 2.76. The number of nitrogens with one attached hydrogen (secondary N) is 2. The van der Waals surface area contributed by atoms with Crippen molar-refractivity contribution < 1.29 is 9.53 Å². The van der Waals surface area contributed by atoms with E-state index in [1.54, 1.807) is 0 Å². The Hall–Kier alpha value is -1.59. The molecule has 0 aliphatic carbocycles. The van der Waals surface area contributed by atoms with Gasteiger partial charge < -0.3 is 15.4 Å². The maximum Gasteiger partial charge on any atom is 0.234 e. The third-order valence-corrected chi connectivity index (χ3v) is 3.46. The minimum atomic E-state index is 0.108. The molecular formula is C16H25N3O2. The van der Waals surface area contributed by atoms with Gasteiger partial charge in [-0.1, -0.05) is 18.2 Å². The van der Waals surface area contributed by atoms with Crippen LogP contribution in [0.15, 0.2) is 30.3 Å². The van der Waals surface area contributed by atoms with Crippen molar-refractivity contribution in [2.45, 2.75) is 12.8 Å². The first kappa shape index (κ1) is 15.8. The molecule has 1 aromatic rings. The molecule has 1 saturated heterocycles. The van der Waals surface area contributed by atoms with Crippen LogP contribution in [0.3, 0.4) is 0 Å². The number of hydrogen-bond donors (Lipinski definition) is 2. The third kappa shape index (κ3) is 6.60. The summed E-state index contributed by atoms with van der Waals surface area (Å²) in [7, 11) is 0. The number of ether oxygens (including phenoxy) is 1. The largest absolute Gasteiger partial charge is 0.494 e. The second kappa shape index (κ2) is 9.37. The van der Waals surface area contributed by atoms with Crippen LogP contribution in [0, 0.1) is 0 Å². The summed E-state index contributed by atoms with van der Waals surface area (Å²) in [5.41, 5.74) is 0. The number of hydrogen-bond acceptors (Lipinski definition) is 4. The van der Waals surface area contributed by atoms with E-state index in [1.807, 2.05) is 30.3 Å². The molecule has 5 nitrogen and oxygen atoms in total. The number of carbonyl (C=O) groups is 1. The number of benzene rings is 1. The number of carbonyl (C=O) groups excluding carboxylic acids is 1. The molecule has 0 spiro atoms. The van der Waals surface area contributed by atoms with Crippen molar-refractivity contribution in [3.05, 3.63) is 30.3 Å². The first-order chi connectivity index (χ1) is 10.3. The molecule has 1 aromatic carbocycles. The summed E-state index contributed by atoms with van der Waals surface area (Å²) in [4.78, 5) is 14.0. The van der Waals surface area contributed by atoms with E-state index in [0.717, 1.165) is 44.8 Å². The van der Waals surface area contributed by atoms with E-state index in [9.17, 15) is 4.79 Å². The average molecular weight is 291 g/mol. The summed E-state index contributed by atoms with van der Waals surface area (Å²) in [5.74, 6) is 0.984. The standard InChI is InChI=1S/C16H25N3O2/c20-16(14-19-11-4-8-17-10-12-19)18-9-5-13-21-15-6-2-1-3-7-15/h1-3,6-7,17H,4-5,8-14H2,(H,18,20). The maximum absolute atomic E-state index is 11.8. The van der Waals surface area contributed by atoms with E-state index in [1.165, 1.54) is 0 Å². The Kier molecular flexibility index (Phi) is 7.04.